The topological polar surface area (TPSA) is 26.0 Å². The van der Waals surface area contributed by atoms with E-state index in [2.05, 4.69) is 40.2 Å². The largest absolute Gasteiger partial charge is 0.325 e. The van der Waals surface area contributed by atoms with Gasteiger partial charge in [-0.25, -0.2) is 0 Å². The van der Waals surface area contributed by atoms with Crippen LogP contribution in [0.3, 0.4) is 0 Å². The van der Waals surface area contributed by atoms with Crippen molar-refractivity contribution in [2.75, 3.05) is 0 Å². The van der Waals surface area contributed by atoms with E-state index in [4.69, 9.17) is 5.73 Å². The molecule has 1 aromatic rings. The van der Waals surface area contributed by atoms with E-state index in [1.165, 1.54) is 5.56 Å². The molecule has 0 amide bonds. The second-order valence-corrected chi connectivity index (χ2v) is 4.37. The molecule has 0 fully saturated rings. The molecule has 76 valence electrons. The highest BCUT2D eigenvalue weighted by Crippen LogP contribution is 2.13. The zero-order chi connectivity index (χ0) is 10.4. The molecule has 0 bridgehead atoms. The van der Waals surface area contributed by atoms with E-state index in [-0.39, 0.29) is 6.04 Å². The summed E-state index contributed by atoms with van der Waals surface area (Å²) in [7, 11) is 0. The third-order valence-electron chi connectivity index (χ3n) is 1.93. The van der Waals surface area contributed by atoms with Crippen LogP contribution in [0.2, 0.25) is 0 Å². The van der Waals surface area contributed by atoms with Gasteiger partial charge in [0.1, 0.15) is 0 Å². The highest BCUT2D eigenvalue weighted by molar-refractivity contribution is 9.10. The first-order chi connectivity index (χ1) is 6.68. The van der Waals surface area contributed by atoms with E-state index in [9.17, 15) is 0 Å². The smallest absolute Gasteiger partial charge is 0.0194 e. The summed E-state index contributed by atoms with van der Waals surface area (Å²) >= 11 is 3.46. The summed E-state index contributed by atoms with van der Waals surface area (Å²) in [6.07, 6.45) is 6.31. The Bertz CT molecular complexity index is 305. The first-order valence-corrected chi connectivity index (χ1v) is 5.64. The molecule has 1 unspecified atom stereocenters. The second kappa shape index (κ2) is 5.99. The molecule has 0 radical (unpaired) electrons. The van der Waals surface area contributed by atoms with Crippen molar-refractivity contribution in [2.24, 2.45) is 5.73 Å². The average molecular weight is 254 g/mol. The number of hydrogen-bond donors (Lipinski definition) is 1. The minimum absolute atomic E-state index is 0.164. The van der Waals surface area contributed by atoms with Crippen LogP contribution in [-0.2, 0) is 6.42 Å². The first kappa shape index (κ1) is 11.5. The Morgan fingerprint density at radius 3 is 2.93 bits per heavy atom. The van der Waals surface area contributed by atoms with Crippen LogP contribution < -0.4 is 5.73 Å². The van der Waals surface area contributed by atoms with Gasteiger partial charge in [-0.15, -0.1) is 0 Å². The molecule has 0 aliphatic carbocycles. The monoisotopic (exact) mass is 253 g/mol. The predicted octanol–water partition coefficient (Wildman–Crippen LogP) is 3.29. The molecule has 0 saturated heterocycles. The third kappa shape index (κ3) is 4.58. The minimum atomic E-state index is 0.164. The van der Waals surface area contributed by atoms with Crippen molar-refractivity contribution in [3.63, 3.8) is 0 Å². The van der Waals surface area contributed by atoms with Crippen molar-refractivity contribution >= 4 is 15.9 Å². The van der Waals surface area contributed by atoms with Crippen LogP contribution in [0, 0.1) is 0 Å². The van der Waals surface area contributed by atoms with Gasteiger partial charge in [0.05, 0.1) is 0 Å². The van der Waals surface area contributed by atoms with Gasteiger partial charge in [0.15, 0.2) is 0 Å². The van der Waals surface area contributed by atoms with Crippen molar-refractivity contribution < 1.29 is 0 Å². The highest BCUT2D eigenvalue weighted by Gasteiger charge is 1.92. The number of allylic oxidation sites excluding steroid dienone is 1. The van der Waals surface area contributed by atoms with Crippen LogP contribution >= 0.6 is 15.9 Å². The van der Waals surface area contributed by atoms with E-state index in [0.29, 0.717) is 0 Å². The molecule has 1 aromatic carbocycles. The van der Waals surface area contributed by atoms with Gasteiger partial charge in [-0.05, 0) is 37.5 Å². The van der Waals surface area contributed by atoms with Gasteiger partial charge in [0.25, 0.3) is 0 Å². The van der Waals surface area contributed by atoms with E-state index in [1.807, 2.05) is 19.1 Å². The highest BCUT2D eigenvalue weighted by atomic mass is 79.9. The van der Waals surface area contributed by atoms with Crippen LogP contribution in [0.25, 0.3) is 0 Å². The molecule has 0 heterocycles. The summed E-state index contributed by atoms with van der Waals surface area (Å²) in [5.41, 5.74) is 6.96. The van der Waals surface area contributed by atoms with Gasteiger partial charge < -0.3 is 5.73 Å². The lowest BCUT2D eigenvalue weighted by Crippen LogP contribution is -2.10. The summed E-state index contributed by atoms with van der Waals surface area (Å²) in [5.74, 6) is 0. The minimum Gasteiger partial charge on any atom is -0.325 e. The quantitative estimate of drug-likeness (QED) is 0.820. The number of hydrogen-bond acceptors (Lipinski definition) is 1. The maximum Gasteiger partial charge on any atom is 0.0194 e. The Labute approximate surface area is 94.1 Å². The molecule has 2 N–H and O–H groups in total. The predicted molar refractivity (Wildman–Crippen MR) is 65.3 cm³/mol. The van der Waals surface area contributed by atoms with E-state index in [1.54, 1.807) is 0 Å². The molecule has 0 spiro atoms. The van der Waals surface area contributed by atoms with Gasteiger partial charge in [-0.2, -0.15) is 0 Å². The van der Waals surface area contributed by atoms with E-state index in [0.717, 1.165) is 17.3 Å². The van der Waals surface area contributed by atoms with E-state index < -0.39 is 0 Å². The summed E-state index contributed by atoms with van der Waals surface area (Å²) in [6, 6.07) is 8.57. The zero-order valence-corrected chi connectivity index (χ0v) is 10.00. The van der Waals surface area contributed by atoms with Crippen molar-refractivity contribution in [2.45, 2.75) is 25.8 Å². The lowest BCUT2D eigenvalue weighted by Gasteiger charge is -1.99. The van der Waals surface area contributed by atoms with Gasteiger partial charge in [0.2, 0.25) is 0 Å². The molecule has 0 aliphatic heterocycles. The fourth-order valence-corrected chi connectivity index (χ4v) is 1.70. The van der Waals surface area contributed by atoms with Crippen molar-refractivity contribution in [1.29, 1.82) is 0 Å². The van der Waals surface area contributed by atoms with Gasteiger partial charge in [-0.3, -0.25) is 0 Å². The average Bonchev–Trinajstić information content (AvgIpc) is 2.12. The molecular formula is C12H16BrN. The van der Waals surface area contributed by atoms with Crippen molar-refractivity contribution in [3.05, 3.63) is 46.5 Å². The van der Waals surface area contributed by atoms with Gasteiger partial charge >= 0.3 is 0 Å². The first-order valence-electron chi connectivity index (χ1n) is 4.85. The molecular weight excluding hydrogens is 238 g/mol. The number of rotatable bonds is 4. The van der Waals surface area contributed by atoms with E-state index >= 15 is 0 Å². The molecule has 0 aromatic heterocycles. The third-order valence-corrected chi connectivity index (χ3v) is 2.42. The molecule has 1 nitrogen and oxygen atoms in total. The van der Waals surface area contributed by atoms with Crippen LogP contribution in [0.15, 0.2) is 40.9 Å². The summed E-state index contributed by atoms with van der Waals surface area (Å²) < 4.78 is 1.14. The Hall–Kier alpha value is -0.600. The normalized spacial score (nSPS) is 13.4. The SMILES string of the molecule is CC(N)/C=C/CCc1cccc(Br)c1. The van der Waals surface area contributed by atoms with Crippen molar-refractivity contribution in [3.8, 4) is 0 Å². The number of nitrogens with two attached hydrogens (primary N) is 1. The van der Waals surface area contributed by atoms with Crippen LogP contribution in [0.5, 0.6) is 0 Å². The lowest BCUT2D eigenvalue weighted by atomic mass is 10.1. The summed E-state index contributed by atoms with van der Waals surface area (Å²) in [5, 5.41) is 0. The lowest BCUT2D eigenvalue weighted by molar-refractivity contribution is 0.906. The summed E-state index contributed by atoms with van der Waals surface area (Å²) in [4.78, 5) is 0. The molecule has 14 heavy (non-hydrogen) atoms. The fraction of sp³-hybridized carbons (Fsp3) is 0.333. The van der Waals surface area contributed by atoms with Gasteiger partial charge in [0, 0.05) is 10.5 Å². The number of halogens is 1. The standard InChI is InChI=1S/C12H16BrN/c1-10(14)5-2-3-6-11-7-4-8-12(13)9-11/h2,4-5,7-10H,3,6,14H2,1H3/b5-2+. The van der Waals surface area contributed by atoms with Gasteiger partial charge in [-0.1, -0.05) is 40.2 Å². The Kier molecular flexibility index (Phi) is 4.91. The van der Waals surface area contributed by atoms with Crippen LogP contribution in [0.4, 0.5) is 0 Å². The Balaban J connectivity index is 2.38. The molecule has 0 aliphatic rings. The van der Waals surface area contributed by atoms with Crippen LogP contribution in [0.1, 0.15) is 18.9 Å². The molecule has 2 heteroatoms. The maximum absolute atomic E-state index is 5.60. The Morgan fingerprint density at radius 2 is 2.29 bits per heavy atom. The maximum atomic E-state index is 5.60. The van der Waals surface area contributed by atoms with Crippen LogP contribution in [-0.4, -0.2) is 6.04 Å². The Morgan fingerprint density at radius 1 is 1.50 bits per heavy atom. The molecule has 1 atom stereocenters. The molecule has 0 saturated carbocycles. The number of aryl methyl sites for hydroxylation is 1. The summed E-state index contributed by atoms with van der Waals surface area (Å²) in [6.45, 7) is 1.98. The zero-order valence-electron chi connectivity index (χ0n) is 8.41. The fourth-order valence-electron chi connectivity index (χ4n) is 1.25. The second-order valence-electron chi connectivity index (χ2n) is 3.46. The molecule has 1 rings (SSSR count). The number of benzene rings is 1. The van der Waals surface area contributed by atoms with Crippen molar-refractivity contribution in [1.82, 2.24) is 0 Å².